The van der Waals surface area contributed by atoms with Crippen LogP contribution in [0.25, 0.3) is 10.2 Å². The summed E-state index contributed by atoms with van der Waals surface area (Å²) in [5.41, 5.74) is 0.914. The molecule has 10 heteroatoms. The van der Waals surface area contributed by atoms with Gasteiger partial charge in [-0.05, 0) is 18.2 Å². The summed E-state index contributed by atoms with van der Waals surface area (Å²) >= 11 is 1.50. The lowest BCUT2D eigenvalue weighted by molar-refractivity contribution is -0.384. The van der Waals surface area contributed by atoms with Crippen molar-refractivity contribution in [3.63, 3.8) is 0 Å². The Hall–Kier alpha value is -3.53. The fourth-order valence-electron chi connectivity index (χ4n) is 3.01. The highest BCUT2D eigenvalue weighted by Crippen LogP contribution is 2.35. The molecule has 2 amide bonds. The lowest BCUT2D eigenvalue weighted by Crippen LogP contribution is -2.45. The second-order valence-electron chi connectivity index (χ2n) is 6.50. The van der Waals surface area contributed by atoms with E-state index in [0.29, 0.717) is 12.3 Å². The van der Waals surface area contributed by atoms with Gasteiger partial charge in [0, 0.05) is 19.2 Å². The molecule has 2 aromatic carbocycles. The molecular formula is C19H16N4O5S. The van der Waals surface area contributed by atoms with Crippen molar-refractivity contribution < 1.29 is 19.2 Å². The third-order valence-corrected chi connectivity index (χ3v) is 5.55. The van der Waals surface area contributed by atoms with Crippen LogP contribution >= 0.6 is 11.3 Å². The topological polar surface area (TPSA) is 106 Å². The highest BCUT2D eigenvalue weighted by atomic mass is 32.1. The number of non-ortho nitro benzene ring substituents is 1. The Morgan fingerprint density at radius 2 is 2.14 bits per heavy atom. The zero-order chi connectivity index (χ0) is 20.5. The molecule has 0 radical (unpaired) electrons. The minimum absolute atomic E-state index is 0.178. The van der Waals surface area contributed by atoms with Crippen LogP contribution in [0.3, 0.4) is 0 Å². The minimum atomic E-state index is -0.557. The number of thiazole rings is 1. The second kappa shape index (κ2) is 7.47. The number of ether oxygens (including phenoxy) is 1. The number of rotatable bonds is 5. The average molecular weight is 412 g/mol. The van der Waals surface area contributed by atoms with E-state index >= 15 is 0 Å². The Morgan fingerprint density at radius 3 is 2.90 bits per heavy atom. The van der Waals surface area contributed by atoms with E-state index in [2.05, 4.69) is 4.98 Å². The van der Waals surface area contributed by atoms with Crippen molar-refractivity contribution in [2.45, 2.75) is 6.54 Å². The maximum atomic E-state index is 12.7. The highest BCUT2D eigenvalue weighted by molar-refractivity contribution is 7.18. The second-order valence-corrected chi connectivity index (χ2v) is 7.62. The molecule has 0 atom stereocenters. The van der Waals surface area contributed by atoms with Crippen LogP contribution in [0.1, 0.15) is 5.01 Å². The lowest BCUT2D eigenvalue weighted by atomic mass is 10.2. The van der Waals surface area contributed by atoms with Crippen LogP contribution in [0.15, 0.2) is 42.5 Å². The smallest absolute Gasteiger partial charge is 0.271 e. The maximum Gasteiger partial charge on any atom is 0.271 e. The molecule has 4 rings (SSSR count). The van der Waals surface area contributed by atoms with Crippen molar-refractivity contribution >= 4 is 44.7 Å². The number of para-hydroxylation sites is 1. The molecule has 0 aliphatic carbocycles. The molecule has 2 heterocycles. The average Bonchev–Trinajstić information content (AvgIpc) is 3.11. The zero-order valence-corrected chi connectivity index (χ0v) is 16.2. The van der Waals surface area contributed by atoms with Crippen LogP contribution in [0, 0.1) is 10.1 Å². The molecule has 148 valence electrons. The number of amides is 2. The van der Waals surface area contributed by atoms with Gasteiger partial charge in [0.1, 0.15) is 17.3 Å². The summed E-state index contributed by atoms with van der Waals surface area (Å²) in [6, 6.07) is 11.7. The summed E-state index contributed by atoms with van der Waals surface area (Å²) in [5, 5.41) is 11.8. The van der Waals surface area contributed by atoms with Gasteiger partial charge in [0.05, 0.1) is 27.4 Å². The molecule has 3 aromatic rings. The zero-order valence-electron chi connectivity index (χ0n) is 15.4. The van der Waals surface area contributed by atoms with Gasteiger partial charge in [-0.3, -0.25) is 24.6 Å². The molecule has 0 unspecified atom stereocenters. The van der Waals surface area contributed by atoms with Crippen LogP contribution in [-0.4, -0.2) is 46.8 Å². The molecule has 1 aliphatic heterocycles. The number of benzene rings is 2. The van der Waals surface area contributed by atoms with Crippen molar-refractivity contribution in [3.8, 4) is 5.75 Å². The number of carbonyl (C=O) groups excluding carboxylic acids is 2. The van der Waals surface area contributed by atoms with Crippen molar-refractivity contribution in [2.24, 2.45) is 0 Å². The van der Waals surface area contributed by atoms with E-state index in [1.165, 1.54) is 39.3 Å². The first kappa shape index (κ1) is 18.8. The summed E-state index contributed by atoms with van der Waals surface area (Å²) in [7, 11) is 1.63. The minimum Gasteiger partial charge on any atom is -0.482 e. The van der Waals surface area contributed by atoms with Crippen LogP contribution in [0.5, 0.6) is 5.75 Å². The van der Waals surface area contributed by atoms with Gasteiger partial charge in [-0.25, -0.2) is 4.98 Å². The van der Waals surface area contributed by atoms with Crippen LogP contribution < -0.4 is 9.64 Å². The molecule has 0 N–H and O–H groups in total. The number of nitro benzene ring substituents is 1. The van der Waals surface area contributed by atoms with Crippen LogP contribution in [0.2, 0.25) is 0 Å². The summed E-state index contributed by atoms with van der Waals surface area (Å²) < 4.78 is 6.36. The van der Waals surface area contributed by atoms with Crippen molar-refractivity contribution in [2.75, 3.05) is 25.1 Å². The number of nitro groups is 1. The number of hydrogen-bond acceptors (Lipinski definition) is 7. The van der Waals surface area contributed by atoms with E-state index in [-0.39, 0.29) is 30.4 Å². The molecule has 9 nitrogen and oxygen atoms in total. The Kier molecular flexibility index (Phi) is 4.85. The van der Waals surface area contributed by atoms with Gasteiger partial charge < -0.3 is 9.64 Å². The fourth-order valence-corrected chi connectivity index (χ4v) is 4.03. The highest BCUT2D eigenvalue weighted by Gasteiger charge is 2.30. The van der Waals surface area contributed by atoms with Crippen molar-refractivity contribution in [1.82, 2.24) is 9.88 Å². The Bertz CT molecular complexity index is 1100. The van der Waals surface area contributed by atoms with Crippen molar-refractivity contribution in [1.29, 1.82) is 0 Å². The fraction of sp³-hybridized carbons (Fsp3) is 0.211. The first-order valence-electron chi connectivity index (χ1n) is 8.72. The number of fused-ring (bicyclic) bond motifs is 2. The first-order chi connectivity index (χ1) is 13.9. The van der Waals surface area contributed by atoms with Gasteiger partial charge in [0.15, 0.2) is 6.61 Å². The number of likely N-dealkylation sites (N-methyl/N-ethyl adjacent to an activating group) is 1. The number of aromatic nitrogens is 1. The van der Waals surface area contributed by atoms with Crippen LogP contribution in [0.4, 0.5) is 11.4 Å². The van der Waals surface area contributed by atoms with Gasteiger partial charge >= 0.3 is 0 Å². The Labute approximate surface area is 169 Å². The maximum absolute atomic E-state index is 12.7. The molecule has 1 aromatic heterocycles. The molecule has 29 heavy (non-hydrogen) atoms. The van der Waals surface area contributed by atoms with Gasteiger partial charge in [0.25, 0.3) is 11.6 Å². The monoisotopic (exact) mass is 412 g/mol. The third-order valence-electron chi connectivity index (χ3n) is 4.53. The standard InChI is InChI=1S/C19H16N4O5S/c1-21(9-17-20-13-4-2-3-5-16(13)29-17)18(24)10-22-14-8-12(23(26)27)6-7-15(14)28-11-19(22)25/h2-8H,9-11H2,1H3. The van der Waals surface area contributed by atoms with Gasteiger partial charge in [-0.15, -0.1) is 11.3 Å². The predicted octanol–water partition coefficient (Wildman–Crippen LogP) is 2.59. The number of anilines is 1. The summed E-state index contributed by atoms with van der Waals surface area (Å²) in [6.07, 6.45) is 0. The predicted molar refractivity (Wildman–Crippen MR) is 107 cm³/mol. The van der Waals surface area contributed by atoms with Gasteiger partial charge in [-0.1, -0.05) is 12.1 Å². The molecule has 1 aliphatic rings. The summed E-state index contributed by atoms with van der Waals surface area (Å²) in [6.45, 7) is -0.157. The lowest BCUT2D eigenvalue weighted by Gasteiger charge is -2.30. The Balaban J connectivity index is 1.52. The quantitative estimate of drug-likeness (QED) is 0.471. The largest absolute Gasteiger partial charge is 0.482 e. The molecule has 0 bridgehead atoms. The van der Waals surface area contributed by atoms with E-state index < -0.39 is 10.8 Å². The van der Waals surface area contributed by atoms with Gasteiger partial charge in [0.2, 0.25) is 5.91 Å². The summed E-state index contributed by atoms with van der Waals surface area (Å²) in [5.74, 6) is -0.409. The Morgan fingerprint density at radius 1 is 1.34 bits per heavy atom. The number of carbonyl (C=O) groups is 2. The number of hydrogen-bond donors (Lipinski definition) is 0. The van der Waals surface area contributed by atoms with E-state index in [9.17, 15) is 19.7 Å². The third kappa shape index (κ3) is 3.74. The molecular weight excluding hydrogens is 396 g/mol. The van der Waals surface area contributed by atoms with Gasteiger partial charge in [-0.2, -0.15) is 0 Å². The number of nitrogens with zero attached hydrogens (tertiary/aromatic N) is 4. The normalized spacial score (nSPS) is 13.1. The first-order valence-corrected chi connectivity index (χ1v) is 9.54. The SMILES string of the molecule is CN(Cc1nc2ccccc2s1)C(=O)CN1C(=O)COc2ccc([N+](=O)[O-])cc21. The van der Waals surface area contributed by atoms with E-state index in [0.717, 1.165) is 15.2 Å². The van der Waals surface area contributed by atoms with Crippen molar-refractivity contribution in [3.05, 3.63) is 57.6 Å². The molecule has 0 spiro atoms. The van der Waals surface area contributed by atoms with E-state index in [1.807, 2.05) is 24.3 Å². The molecule has 0 saturated heterocycles. The van der Waals surface area contributed by atoms with E-state index in [4.69, 9.17) is 4.74 Å². The van der Waals surface area contributed by atoms with E-state index in [1.54, 1.807) is 7.05 Å². The molecule has 0 saturated carbocycles. The summed E-state index contributed by atoms with van der Waals surface area (Å²) in [4.78, 5) is 42.8. The molecule has 0 fully saturated rings. The van der Waals surface area contributed by atoms with Crippen LogP contribution in [-0.2, 0) is 16.1 Å².